The second kappa shape index (κ2) is 6.16. The number of anilines is 1. The molecular weight excluding hydrogens is 244 g/mol. The van der Waals surface area contributed by atoms with Crippen LogP contribution < -0.4 is 5.32 Å². The lowest BCUT2D eigenvalue weighted by atomic mass is 10.0. The Labute approximate surface area is 114 Å². The van der Waals surface area contributed by atoms with Gasteiger partial charge in [-0.1, -0.05) is 12.1 Å². The van der Waals surface area contributed by atoms with E-state index >= 15 is 0 Å². The summed E-state index contributed by atoms with van der Waals surface area (Å²) < 4.78 is 0. The molecule has 1 aliphatic rings. The first kappa shape index (κ1) is 13.3. The molecule has 1 aliphatic heterocycles. The minimum absolute atomic E-state index is 0.170. The number of thiocarbonyl (C=S) groups is 1. The molecule has 18 heavy (non-hydrogen) atoms. The van der Waals surface area contributed by atoms with Crippen LogP contribution in [-0.4, -0.2) is 34.3 Å². The Morgan fingerprint density at radius 2 is 2.33 bits per heavy atom. The number of rotatable bonds is 2. The molecule has 0 bridgehead atoms. The van der Waals surface area contributed by atoms with Crippen molar-refractivity contribution in [1.29, 1.82) is 0 Å². The van der Waals surface area contributed by atoms with E-state index in [4.69, 9.17) is 12.2 Å². The third-order valence-electron chi connectivity index (χ3n) is 3.37. The maximum atomic E-state index is 9.39. The van der Waals surface area contributed by atoms with Gasteiger partial charge in [-0.2, -0.15) is 0 Å². The van der Waals surface area contributed by atoms with Crippen molar-refractivity contribution in [1.82, 2.24) is 4.90 Å². The van der Waals surface area contributed by atoms with Gasteiger partial charge < -0.3 is 15.3 Å². The predicted molar refractivity (Wildman–Crippen MR) is 78.8 cm³/mol. The quantitative estimate of drug-likeness (QED) is 0.805. The number of aliphatic hydroxyl groups excluding tert-OH is 1. The van der Waals surface area contributed by atoms with Crippen molar-refractivity contribution in [2.75, 3.05) is 18.5 Å². The lowest BCUT2D eigenvalue weighted by molar-refractivity contribution is 0.149. The van der Waals surface area contributed by atoms with Gasteiger partial charge in [-0.25, -0.2) is 0 Å². The fourth-order valence-electron chi connectivity index (χ4n) is 2.38. The van der Waals surface area contributed by atoms with Gasteiger partial charge in [-0.3, -0.25) is 0 Å². The summed E-state index contributed by atoms with van der Waals surface area (Å²) in [5.41, 5.74) is 2.22. The van der Waals surface area contributed by atoms with Crippen LogP contribution in [0.25, 0.3) is 0 Å². The first-order chi connectivity index (χ1) is 8.70. The zero-order valence-electron chi connectivity index (χ0n) is 10.7. The van der Waals surface area contributed by atoms with Crippen molar-refractivity contribution in [3.63, 3.8) is 0 Å². The number of hydrogen-bond donors (Lipinski definition) is 2. The lowest BCUT2D eigenvalue weighted by Crippen LogP contribution is -2.47. The number of aliphatic hydroxyl groups is 1. The molecule has 0 radical (unpaired) electrons. The standard InChI is InChI=1S/C14H20N2OS/c1-11-5-4-6-12(9-11)15-14(18)16-8-3-2-7-13(16)10-17/h4-6,9,13,17H,2-3,7-8,10H2,1H3,(H,15,18). The molecule has 2 N–H and O–H groups in total. The Balaban J connectivity index is 2.02. The number of nitrogens with zero attached hydrogens (tertiary/aromatic N) is 1. The third-order valence-corrected chi connectivity index (χ3v) is 3.70. The fourth-order valence-corrected chi connectivity index (χ4v) is 2.73. The van der Waals surface area contributed by atoms with Gasteiger partial charge in [0.1, 0.15) is 0 Å². The fraction of sp³-hybridized carbons (Fsp3) is 0.500. The van der Waals surface area contributed by atoms with Gasteiger partial charge in [0.05, 0.1) is 12.6 Å². The number of aryl methyl sites for hydroxylation is 1. The zero-order chi connectivity index (χ0) is 13.0. The maximum absolute atomic E-state index is 9.39. The van der Waals surface area contributed by atoms with Crippen LogP contribution >= 0.6 is 12.2 Å². The molecule has 0 spiro atoms. The van der Waals surface area contributed by atoms with Gasteiger partial charge in [0.25, 0.3) is 0 Å². The molecule has 3 nitrogen and oxygen atoms in total. The second-order valence-electron chi connectivity index (χ2n) is 4.83. The van der Waals surface area contributed by atoms with E-state index in [0.717, 1.165) is 30.2 Å². The van der Waals surface area contributed by atoms with Gasteiger partial charge in [0.2, 0.25) is 0 Å². The van der Waals surface area contributed by atoms with Crippen molar-refractivity contribution >= 4 is 23.0 Å². The number of piperidine rings is 1. The average Bonchev–Trinajstić information content (AvgIpc) is 2.38. The van der Waals surface area contributed by atoms with Gasteiger partial charge in [-0.05, 0) is 56.1 Å². The molecule has 0 aromatic heterocycles. The molecule has 0 saturated carbocycles. The molecule has 0 aliphatic carbocycles. The van der Waals surface area contributed by atoms with Gasteiger partial charge in [0, 0.05) is 12.2 Å². The second-order valence-corrected chi connectivity index (χ2v) is 5.21. The number of benzene rings is 1. The Morgan fingerprint density at radius 3 is 3.06 bits per heavy atom. The lowest BCUT2D eigenvalue weighted by Gasteiger charge is -2.36. The highest BCUT2D eigenvalue weighted by Gasteiger charge is 2.23. The Hall–Kier alpha value is -1.13. The van der Waals surface area contributed by atoms with Gasteiger partial charge >= 0.3 is 0 Å². The summed E-state index contributed by atoms with van der Waals surface area (Å²) in [6.45, 7) is 3.17. The zero-order valence-corrected chi connectivity index (χ0v) is 11.5. The molecule has 2 rings (SSSR count). The molecule has 1 heterocycles. The van der Waals surface area contributed by atoms with Crippen LogP contribution in [0.1, 0.15) is 24.8 Å². The molecule has 1 aromatic rings. The van der Waals surface area contributed by atoms with Gasteiger partial charge in [-0.15, -0.1) is 0 Å². The van der Waals surface area contributed by atoms with Crippen LogP contribution in [0.15, 0.2) is 24.3 Å². The van der Waals surface area contributed by atoms with E-state index < -0.39 is 0 Å². The minimum Gasteiger partial charge on any atom is -0.394 e. The summed E-state index contributed by atoms with van der Waals surface area (Å²) in [5, 5.41) is 13.4. The Bertz CT molecular complexity index is 422. The Morgan fingerprint density at radius 1 is 1.50 bits per heavy atom. The first-order valence-corrected chi connectivity index (χ1v) is 6.86. The number of nitrogens with one attached hydrogen (secondary N) is 1. The summed E-state index contributed by atoms with van der Waals surface area (Å²) in [4.78, 5) is 2.11. The molecule has 4 heteroatoms. The van der Waals surface area contributed by atoms with Crippen molar-refractivity contribution in [3.8, 4) is 0 Å². The summed E-state index contributed by atoms with van der Waals surface area (Å²) in [6.07, 6.45) is 3.34. The molecular formula is C14H20N2OS. The highest BCUT2D eigenvalue weighted by Crippen LogP contribution is 2.18. The van der Waals surface area contributed by atoms with Crippen molar-refractivity contribution < 1.29 is 5.11 Å². The third kappa shape index (κ3) is 3.21. The molecule has 1 aromatic carbocycles. The van der Waals surface area contributed by atoms with E-state index in [2.05, 4.69) is 29.3 Å². The average molecular weight is 264 g/mol. The summed E-state index contributed by atoms with van der Waals surface area (Å²) in [5.74, 6) is 0. The van der Waals surface area contributed by atoms with Crippen LogP contribution in [0.5, 0.6) is 0 Å². The van der Waals surface area contributed by atoms with E-state index in [9.17, 15) is 5.11 Å². The van der Waals surface area contributed by atoms with Crippen LogP contribution in [0.2, 0.25) is 0 Å². The molecule has 1 saturated heterocycles. The van der Waals surface area contributed by atoms with Crippen LogP contribution in [0.4, 0.5) is 5.69 Å². The van der Waals surface area contributed by atoms with E-state index in [1.807, 2.05) is 12.1 Å². The molecule has 0 amide bonds. The smallest absolute Gasteiger partial charge is 0.173 e. The number of likely N-dealkylation sites (tertiary alicyclic amines) is 1. The largest absolute Gasteiger partial charge is 0.394 e. The summed E-state index contributed by atoms with van der Waals surface area (Å²) in [7, 11) is 0. The van der Waals surface area contributed by atoms with Crippen LogP contribution in [-0.2, 0) is 0 Å². The van der Waals surface area contributed by atoms with Gasteiger partial charge in [0.15, 0.2) is 5.11 Å². The highest BCUT2D eigenvalue weighted by molar-refractivity contribution is 7.80. The molecule has 98 valence electrons. The topological polar surface area (TPSA) is 35.5 Å². The minimum atomic E-state index is 0.170. The van der Waals surface area contributed by atoms with E-state index in [-0.39, 0.29) is 12.6 Å². The Kier molecular flexibility index (Phi) is 4.55. The van der Waals surface area contributed by atoms with E-state index in [1.165, 1.54) is 12.0 Å². The van der Waals surface area contributed by atoms with Crippen molar-refractivity contribution in [2.24, 2.45) is 0 Å². The van der Waals surface area contributed by atoms with Crippen molar-refractivity contribution in [3.05, 3.63) is 29.8 Å². The maximum Gasteiger partial charge on any atom is 0.173 e. The number of hydrogen-bond acceptors (Lipinski definition) is 2. The first-order valence-electron chi connectivity index (χ1n) is 6.46. The van der Waals surface area contributed by atoms with E-state index in [0.29, 0.717) is 0 Å². The van der Waals surface area contributed by atoms with E-state index in [1.54, 1.807) is 0 Å². The summed E-state index contributed by atoms with van der Waals surface area (Å²) in [6, 6.07) is 8.33. The summed E-state index contributed by atoms with van der Waals surface area (Å²) >= 11 is 5.45. The molecule has 1 fully saturated rings. The highest BCUT2D eigenvalue weighted by atomic mass is 32.1. The van der Waals surface area contributed by atoms with Crippen molar-refractivity contribution in [2.45, 2.75) is 32.2 Å². The monoisotopic (exact) mass is 264 g/mol. The SMILES string of the molecule is Cc1cccc(NC(=S)N2CCCCC2CO)c1. The normalized spacial score (nSPS) is 19.7. The molecule has 1 atom stereocenters. The predicted octanol–water partition coefficient (Wildman–Crippen LogP) is 2.54. The van der Waals surface area contributed by atoms with Crippen LogP contribution in [0.3, 0.4) is 0 Å². The molecule has 1 unspecified atom stereocenters. The van der Waals surface area contributed by atoms with Crippen LogP contribution in [0, 0.1) is 6.92 Å².